The van der Waals surface area contributed by atoms with Crippen molar-refractivity contribution in [3.05, 3.63) is 83.4 Å². The molecular formula is C28H27ClFN5O5. The maximum atomic E-state index is 16.7. The van der Waals surface area contributed by atoms with Crippen molar-refractivity contribution >= 4 is 40.5 Å². The molecule has 0 saturated carbocycles. The van der Waals surface area contributed by atoms with E-state index in [0.717, 1.165) is 5.56 Å². The van der Waals surface area contributed by atoms with Crippen LogP contribution in [-0.4, -0.2) is 55.4 Å². The summed E-state index contributed by atoms with van der Waals surface area (Å²) in [5.41, 5.74) is -2.25. The third kappa shape index (κ3) is 4.98. The van der Waals surface area contributed by atoms with Crippen molar-refractivity contribution in [1.29, 1.82) is 0 Å². The molecule has 2 unspecified atom stereocenters. The molecule has 0 amide bonds. The Bertz CT molecular complexity index is 1550. The zero-order valence-electron chi connectivity index (χ0n) is 22.0. The Balaban J connectivity index is 1.43. The van der Waals surface area contributed by atoms with E-state index in [2.05, 4.69) is 20.3 Å². The van der Waals surface area contributed by atoms with Gasteiger partial charge in [-0.05, 0) is 37.6 Å². The van der Waals surface area contributed by atoms with Gasteiger partial charge in [-0.2, -0.15) is 0 Å². The number of esters is 2. The van der Waals surface area contributed by atoms with Gasteiger partial charge in [0, 0.05) is 18.5 Å². The minimum atomic E-state index is -2.29. The second-order valence-corrected chi connectivity index (χ2v) is 10.1. The summed E-state index contributed by atoms with van der Waals surface area (Å²) in [6, 6.07) is 15.7. The van der Waals surface area contributed by atoms with Gasteiger partial charge >= 0.3 is 11.9 Å². The molecule has 2 aromatic carbocycles. The predicted molar refractivity (Wildman–Crippen MR) is 144 cm³/mol. The van der Waals surface area contributed by atoms with Crippen LogP contribution in [0, 0.1) is 0 Å². The Kier molecular flexibility index (Phi) is 7.43. The fraction of sp³-hybridized carbons (Fsp3) is 0.321. The average Bonchev–Trinajstić information content (AvgIpc) is 3.43. The van der Waals surface area contributed by atoms with Crippen LogP contribution in [0.3, 0.4) is 0 Å². The average molecular weight is 568 g/mol. The fourth-order valence-corrected chi connectivity index (χ4v) is 4.95. The molecule has 0 radical (unpaired) electrons. The normalized spacial score (nSPS) is 24.1. The molecule has 1 aliphatic heterocycles. The maximum absolute atomic E-state index is 16.7. The van der Waals surface area contributed by atoms with Gasteiger partial charge in [0.2, 0.25) is 0 Å². The Morgan fingerprint density at radius 2 is 1.82 bits per heavy atom. The van der Waals surface area contributed by atoms with E-state index in [1.165, 1.54) is 38.0 Å². The number of nitrogens with zero attached hydrogens (tertiary/aromatic N) is 4. The Morgan fingerprint density at radius 3 is 2.55 bits per heavy atom. The van der Waals surface area contributed by atoms with Crippen molar-refractivity contribution in [3.8, 4) is 0 Å². The number of carbonyl (C=O) groups excluding carboxylic acids is 2. The molecule has 12 heteroatoms. The lowest BCUT2D eigenvalue weighted by Gasteiger charge is -2.36. The first-order chi connectivity index (χ1) is 19.1. The van der Waals surface area contributed by atoms with E-state index in [1.54, 1.807) is 36.4 Å². The van der Waals surface area contributed by atoms with Crippen LogP contribution in [-0.2, 0) is 25.5 Å². The van der Waals surface area contributed by atoms with Gasteiger partial charge in [-0.1, -0.05) is 48.0 Å². The minimum Gasteiger partial charge on any atom is -0.459 e. The molecule has 0 bridgehead atoms. The van der Waals surface area contributed by atoms with Gasteiger partial charge in [0.05, 0.1) is 11.9 Å². The minimum absolute atomic E-state index is 0.289. The van der Waals surface area contributed by atoms with E-state index in [-0.39, 0.29) is 12.3 Å². The zero-order chi connectivity index (χ0) is 28.5. The Labute approximate surface area is 234 Å². The number of rotatable bonds is 8. The number of nitrogens with one attached hydrogen (secondary N) is 1. The topological polar surface area (TPSA) is 117 Å². The summed E-state index contributed by atoms with van der Waals surface area (Å²) in [5, 5.41) is 3.80. The molecule has 40 heavy (non-hydrogen) atoms. The summed E-state index contributed by atoms with van der Waals surface area (Å²) in [4.78, 5) is 37.6. The van der Waals surface area contributed by atoms with Crippen LogP contribution in [0.2, 0.25) is 5.02 Å². The van der Waals surface area contributed by atoms with Crippen LogP contribution in [0.15, 0.2) is 67.3 Å². The summed E-state index contributed by atoms with van der Waals surface area (Å²) in [5.74, 6) is -0.911. The standard InChI is InChI=1S/C28H27ClFN5O5/c1-17(36)40-28(3)21(14-38-25(37)18-9-5-4-6-10-18)39-26(27(28,2)30)35-16-34-22-23(32-15-33-24(22)35)31-13-19-11-7-8-12-20(19)29/h4-12,15-16,21,26H,13-14H2,1-3H3,(H,31,32,33)/t21-,26?,27+,28?/m1/s1. The molecule has 5 rings (SSSR count). The smallest absolute Gasteiger partial charge is 0.338 e. The highest BCUT2D eigenvalue weighted by molar-refractivity contribution is 6.31. The van der Waals surface area contributed by atoms with Crippen LogP contribution < -0.4 is 5.32 Å². The predicted octanol–water partition coefficient (Wildman–Crippen LogP) is 4.90. The molecule has 0 spiro atoms. The highest BCUT2D eigenvalue weighted by atomic mass is 35.5. The molecule has 3 heterocycles. The second kappa shape index (κ2) is 10.8. The summed E-state index contributed by atoms with van der Waals surface area (Å²) >= 11 is 6.27. The number of benzene rings is 2. The lowest BCUT2D eigenvalue weighted by molar-refractivity contribution is -0.175. The first kappa shape index (κ1) is 27.5. The van der Waals surface area contributed by atoms with E-state index in [9.17, 15) is 9.59 Å². The largest absolute Gasteiger partial charge is 0.459 e. The van der Waals surface area contributed by atoms with Gasteiger partial charge in [0.15, 0.2) is 34.5 Å². The van der Waals surface area contributed by atoms with Gasteiger partial charge in [-0.15, -0.1) is 0 Å². The molecule has 10 nitrogen and oxygen atoms in total. The monoisotopic (exact) mass is 567 g/mol. The van der Waals surface area contributed by atoms with Crippen molar-refractivity contribution in [2.45, 2.75) is 50.9 Å². The maximum Gasteiger partial charge on any atom is 0.338 e. The van der Waals surface area contributed by atoms with Gasteiger partial charge in [-0.3, -0.25) is 9.36 Å². The number of fused-ring (bicyclic) bond motifs is 1. The number of aromatic nitrogens is 4. The summed E-state index contributed by atoms with van der Waals surface area (Å²) in [6.07, 6.45) is 0.245. The number of hydrogen-bond donors (Lipinski definition) is 1. The van der Waals surface area contributed by atoms with Crippen molar-refractivity contribution in [1.82, 2.24) is 19.5 Å². The number of carbonyl (C=O) groups is 2. The lowest BCUT2D eigenvalue weighted by Crippen LogP contribution is -2.55. The summed E-state index contributed by atoms with van der Waals surface area (Å²) < 4.78 is 35.2. The SMILES string of the molecule is CC(=O)OC1(C)[C@@H](COC(=O)c2ccccc2)OC(n2cnc3c(NCc4ccccc4Cl)ncnc32)[C@]1(C)F. The molecule has 1 fully saturated rings. The molecule has 1 aliphatic rings. The van der Waals surface area contributed by atoms with Crippen LogP contribution in [0.25, 0.3) is 11.2 Å². The number of anilines is 1. The molecule has 1 saturated heterocycles. The van der Waals surface area contributed by atoms with E-state index < -0.39 is 35.5 Å². The summed E-state index contributed by atoms with van der Waals surface area (Å²) in [7, 11) is 0. The van der Waals surface area contributed by atoms with Gasteiger partial charge < -0.3 is 19.5 Å². The highest BCUT2D eigenvalue weighted by Crippen LogP contribution is 2.51. The third-order valence-corrected chi connectivity index (χ3v) is 7.46. The molecule has 208 valence electrons. The molecule has 4 aromatic rings. The highest BCUT2D eigenvalue weighted by Gasteiger charge is 2.66. The number of hydrogen-bond acceptors (Lipinski definition) is 9. The number of halogens is 2. The lowest BCUT2D eigenvalue weighted by atomic mass is 9.84. The van der Waals surface area contributed by atoms with Gasteiger partial charge in [0.1, 0.15) is 19.0 Å². The van der Waals surface area contributed by atoms with Crippen molar-refractivity contribution < 1.29 is 28.2 Å². The van der Waals surface area contributed by atoms with Crippen molar-refractivity contribution in [3.63, 3.8) is 0 Å². The van der Waals surface area contributed by atoms with Crippen molar-refractivity contribution in [2.75, 3.05) is 11.9 Å². The molecule has 1 N–H and O–H groups in total. The Morgan fingerprint density at radius 1 is 1.10 bits per heavy atom. The van der Waals surface area contributed by atoms with E-state index in [0.29, 0.717) is 28.5 Å². The third-order valence-electron chi connectivity index (χ3n) is 7.09. The second-order valence-electron chi connectivity index (χ2n) is 9.71. The number of alkyl halides is 1. The van der Waals surface area contributed by atoms with E-state index >= 15 is 4.39 Å². The number of imidazole rings is 1. The number of ether oxygens (including phenoxy) is 3. The van der Waals surface area contributed by atoms with Gasteiger partial charge in [0.25, 0.3) is 0 Å². The van der Waals surface area contributed by atoms with Gasteiger partial charge in [-0.25, -0.2) is 24.1 Å². The summed E-state index contributed by atoms with van der Waals surface area (Å²) in [6.45, 7) is 3.88. The Hall–Kier alpha value is -4.09. The van der Waals surface area contributed by atoms with Crippen LogP contribution in [0.5, 0.6) is 0 Å². The first-order valence-electron chi connectivity index (χ1n) is 12.5. The first-order valence-corrected chi connectivity index (χ1v) is 12.9. The van der Waals surface area contributed by atoms with Crippen LogP contribution in [0.4, 0.5) is 10.2 Å². The molecule has 4 atom stereocenters. The van der Waals surface area contributed by atoms with Crippen LogP contribution >= 0.6 is 11.6 Å². The van der Waals surface area contributed by atoms with E-state index in [4.69, 9.17) is 25.8 Å². The quantitative estimate of drug-likeness (QED) is 0.297. The van der Waals surface area contributed by atoms with Crippen molar-refractivity contribution in [2.24, 2.45) is 0 Å². The van der Waals surface area contributed by atoms with Crippen LogP contribution in [0.1, 0.15) is 42.9 Å². The molecule has 0 aliphatic carbocycles. The fourth-order valence-electron chi connectivity index (χ4n) is 4.74. The molecular weight excluding hydrogens is 541 g/mol. The van der Waals surface area contributed by atoms with E-state index in [1.807, 2.05) is 18.2 Å². The molecule has 2 aromatic heterocycles. The zero-order valence-corrected chi connectivity index (χ0v) is 22.8.